The average Bonchev–Trinajstić information content (AvgIpc) is 3.24. The third-order valence-electron chi connectivity index (χ3n) is 5.28. The van der Waals surface area contributed by atoms with Gasteiger partial charge in [0, 0.05) is 35.0 Å². The molecule has 0 saturated carbocycles. The van der Waals surface area contributed by atoms with Gasteiger partial charge in [0.05, 0.1) is 12.8 Å². The molecule has 1 heterocycles. The van der Waals surface area contributed by atoms with Gasteiger partial charge in [-0.25, -0.2) is 0 Å². The van der Waals surface area contributed by atoms with Crippen molar-refractivity contribution in [1.82, 2.24) is 10.5 Å². The van der Waals surface area contributed by atoms with Crippen LogP contribution >= 0.6 is 11.6 Å². The number of para-hydroxylation sites is 2. The lowest BCUT2D eigenvalue weighted by molar-refractivity contribution is -0.128. The zero-order chi connectivity index (χ0) is 27.2. The van der Waals surface area contributed by atoms with Gasteiger partial charge in [0.15, 0.2) is 5.82 Å². The van der Waals surface area contributed by atoms with Crippen molar-refractivity contribution < 1.29 is 23.6 Å². The van der Waals surface area contributed by atoms with Gasteiger partial charge < -0.3 is 19.9 Å². The van der Waals surface area contributed by atoms with E-state index < -0.39 is 29.3 Å². The Morgan fingerprint density at radius 2 is 1.76 bits per heavy atom. The highest BCUT2D eigenvalue weighted by atomic mass is 35.5. The Morgan fingerprint density at radius 3 is 2.38 bits per heavy atom. The summed E-state index contributed by atoms with van der Waals surface area (Å²) in [6.07, 6.45) is -0.336. The van der Waals surface area contributed by atoms with E-state index in [9.17, 15) is 14.4 Å². The van der Waals surface area contributed by atoms with Gasteiger partial charge in [-0.2, -0.15) is 0 Å². The largest absolute Gasteiger partial charge is 0.495 e. The summed E-state index contributed by atoms with van der Waals surface area (Å²) in [7, 11) is 1.48. The molecule has 2 N–H and O–H groups in total. The van der Waals surface area contributed by atoms with Crippen molar-refractivity contribution in [2.75, 3.05) is 17.3 Å². The van der Waals surface area contributed by atoms with E-state index in [4.69, 9.17) is 20.9 Å². The van der Waals surface area contributed by atoms with Gasteiger partial charge in [0.2, 0.25) is 17.7 Å². The van der Waals surface area contributed by atoms with Crippen molar-refractivity contribution in [2.24, 2.45) is 0 Å². The molecule has 196 valence electrons. The lowest BCUT2D eigenvalue weighted by Crippen LogP contribution is -2.49. The van der Waals surface area contributed by atoms with Crippen LogP contribution in [0.2, 0.25) is 5.02 Å². The molecule has 0 aliphatic rings. The number of benzene rings is 2. The Bertz CT molecular complexity index is 1270. The minimum absolute atomic E-state index is 0.146. The van der Waals surface area contributed by atoms with Gasteiger partial charge in [0.25, 0.3) is 0 Å². The topological polar surface area (TPSA) is 114 Å². The fraction of sp³-hybridized carbons (Fsp3) is 0.333. The lowest BCUT2D eigenvalue weighted by atomic mass is 10.00. The number of halogens is 1. The molecule has 0 spiro atoms. The average molecular weight is 527 g/mol. The molecular formula is C27H31ClN4O5. The van der Waals surface area contributed by atoms with E-state index in [2.05, 4.69) is 15.8 Å². The SMILES string of the molecule is COc1ccccc1N(C(=O)CCC(=O)Nc1cc(C)on1)C(C(=O)NC(C)(C)C)c1ccccc1Cl. The first-order chi connectivity index (χ1) is 17.5. The van der Waals surface area contributed by atoms with Crippen LogP contribution in [0.25, 0.3) is 0 Å². The van der Waals surface area contributed by atoms with Gasteiger partial charge in [-0.05, 0) is 45.9 Å². The Labute approximate surface area is 221 Å². The van der Waals surface area contributed by atoms with Crippen LogP contribution in [0.15, 0.2) is 59.1 Å². The molecular weight excluding hydrogens is 496 g/mol. The Morgan fingerprint density at radius 1 is 1.08 bits per heavy atom. The van der Waals surface area contributed by atoms with Crippen LogP contribution in [0, 0.1) is 6.92 Å². The number of ether oxygens (including phenoxy) is 1. The molecule has 0 saturated heterocycles. The van der Waals surface area contributed by atoms with Crippen LogP contribution in [0.3, 0.4) is 0 Å². The molecule has 1 atom stereocenters. The summed E-state index contributed by atoms with van der Waals surface area (Å²) in [6, 6.07) is 14.2. The fourth-order valence-corrected chi connectivity index (χ4v) is 3.99. The zero-order valence-corrected chi connectivity index (χ0v) is 22.3. The monoisotopic (exact) mass is 526 g/mol. The van der Waals surface area contributed by atoms with Crippen molar-refractivity contribution in [1.29, 1.82) is 0 Å². The maximum Gasteiger partial charge on any atom is 0.248 e. The summed E-state index contributed by atoms with van der Waals surface area (Å²) in [5, 5.41) is 9.62. The van der Waals surface area contributed by atoms with Crippen LogP contribution in [0.1, 0.15) is 51.0 Å². The number of rotatable bonds is 9. The highest BCUT2D eigenvalue weighted by Gasteiger charge is 2.36. The molecule has 0 aliphatic carbocycles. The molecule has 1 aromatic heterocycles. The molecule has 9 nitrogen and oxygen atoms in total. The summed E-state index contributed by atoms with van der Waals surface area (Å²) < 4.78 is 10.5. The molecule has 2 aromatic carbocycles. The number of amides is 3. The zero-order valence-electron chi connectivity index (χ0n) is 21.5. The quantitative estimate of drug-likeness (QED) is 0.403. The van der Waals surface area contributed by atoms with E-state index >= 15 is 0 Å². The fourth-order valence-electron chi connectivity index (χ4n) is 3.75. The van der Waals surface area contributed by atoms with Crippen molar-refractivity contribution >= 4 is 40.8 Å². The summed E-state index contributed by atoms with van der Waals surface area (Å²) in [5.74, 6) is -0.127. The molecule has 10 heteroatoms. The van der Waals surface area contributed by atoms with E-state index in [0.29, 0.717) is 27.8 Å². The third kappa shape index (κ3) is 7.33. The number of nitrogens with zero attached hydrogens (tertiary/aromatic N) is 2. The predicted octanol–water partition coefficient (Wildman–Crippen LogP) is 5.05. The molecule has 37 heavy (non-hydrogen) atoms. The minimum Gasteiger partial charge on any atom is -0.495 e. The maximum absolute atomic E-state index is 13.8. The molecule has 0 bridgehead atoms. The van der Waals surface area contributed by atoms with Crippen molar-refractivity contribution in [3.05, 3.63) is 70.9 Å². The normalized spacial score (nSPS) is 11.9. The standard InChI is InChI=1S/C27H31ClN4O5/c1-17-16-22(31-37-17)29-23(33)14-15-24(34)32(20-12-8-9-13-21(20)36-5)25(26(35)30-27(2,3)4)18-10-6-7-11-19(18)28/h6-13,16,25H,14-15H2,1-5H3,(H,30,35)(H,29,31,33). The molecule has 0 fully saturated rings. The van der Waals surface area contributed by atoms with Crippen LogP contribution < -0.4 is 20.3 Å². The van der Waals surface area contributed by atoms with Crippen molar-refractivity contribution in [3.63, 3.8) is 0 Å². The number of anilines is 2. The summed E-state index contributed by atoms with van der Waals surface area (Å²) in [6.45, 7) is 7.24. The highest BCUT2D eigenvalue weighted by molar-refractivity contribution is 6.31. The third-order valence-corrected chi connectivity index (χ3v) is 5.62. The van der Waals surface area contributed by atoms with Crippen LogP contribution in [0.4, 0.5) is 11.5 Å². The number of nitrogens with one attached hydrogen (secondary N) is 2. The molecule has 1 unspecified atom stereocenters. The van der Waals surface area contributed by atoms with E-state index in [0.717, 1.165) is 0 Å². The number of hydrogen-bond acceptors (Lipinski definition) is 6. The van der Waals surface area contributed by atoms with Crippen LogP contribution in [0.5, 0.6) is 5.75 Å². The second-order valence-electron chi connectivity index (χ2n) is 9.47. The number of carbonyl (C=O) groups excluding carboxylic acids is 3. The number of aromatic nitrogens is 1. The minimum atomic E-state index is -1.13. The summed E-state index contributed by atoms with van der Waals surface area (Å²) in [5.41, 5.74) is 0.228. The first kappa shape index (κ1) is 27.7. The molecule has 0 radical (unpaired) electrons. The van der Waals surface area contributed by atoms with Gasteiger partial charge in [-0.1, -0.05) is 47.1 Å². The predicted molar refractivity (Wildman–Crippen MR) is 142 cm³/mol. The Balaban J connectivity index is 2.01. The first-order valence-electron chi connectivity index (χ1n) is 11.7. The second kappa shape index (κ2) is 11.9. The van der Waals surface area contributed by atoms with Gasteiger partial charge in [-0.3, -0.25) is 19.3 Å². The van der Waals surface area contributed by atoms with E-state index in [-0.39, 0.29) is 18.7 Å². The maximum atomic E-state index is 13.8. The number of hydrogen-bond donors (Lipinski definition) is 2. The number of carbonyl (C=O) groups is 3. The van der Waals surface area contributed by atoms with E-state index in [1.807, 2.05) is 20.8 Å². The van der Waals surface area contributed by atoms with Gasteiger partial charge in [-0.15, -0.1) is 0 Å². The van der Waals surface area contributed by atoms with Crippen LogP contribution in [-0.4, -0.2) is 35.5 Å². The lowest BCUT2D eigenvalue weighted by Gasteiger charge is -2.34. The first-order valence-corrected chi connectivity index (χ1v) is 12.1. The summed E-state index contributed by atoms with van der Waals surface area (Å²) in [4.78, 5) is 41.4. The molecule has 0 aliphatic heterocycles. The number of aryl methyl sites for hydroxylation is 1. The van der Waals surface area contributed by atoms with Crippen LogP contribution in [-0.2, 0) is 14.4 Å². The van der Waals surface area contributed by atoms with Crippen molar-refractivity contribution in [3.8, 4) is 5.75 Å². The van der Waals surface area contributed by atoms with Gasteiger partial charge in [0.1, 0.15) is 17.6 Å². The Kier molecular flexibility index (Phi) is 8.94. The smallest absolute Gasteiger partial charge is 0.248 e. The van der Waals surface area contributed by atoms with Crippen molar-refractivity contribution in [2.45, 2.75) is 52.1 Å². The van der Waals surface area contributed by atoms with E-state index in [1.54, 1.807) is 61.5 Å². The molecule has 3 amide bonds. The van der Waals surface area contributed by atoms with E-state index in [1.165, 1.54) is 12.0 Å². The molecule has 3 rings (SSSR count). The Hall–Kier alpha value is -3.85. The second-order valence-corrected chi connectivity index (χ2v) is 9.88. The highest BCUT2D eigenvalue weighted by Crippen LogP contribution is 2.37. The molecule has 3 aromatic rings. The summed E-state index contributed by atoms with van der Waals surface area (Å²) >= 11 is 6.53. The van der Waals surface area contributed by atoms with Gasteiger partial charge >= 0.3 is 0 Å². The number of methoxy groups -OCH3 is 1.